The van der Waals surface area contributed by atoms with Crippen LogP contribution in [0.1, 0.15) is 23.5 Å². The van der Waals surface area contributed by atoms with Gasteiger partial charge in [-0.3, -0.25) is 9.59 Å². The van der Waals surface area contributed by atoms with E-state index in [4.69, 9.17) is 27.9 Å². The molecule has 0 radical (unpaired) electrons. The Kier molecular flexibility index (Phi) is 4.86. The van der Waals surface area contributed by atoms with Gasteiger partial charge in [0.1, 0.15) is 5.41 Å². The molecule has 7 heteroatoms. The van der Waals surface area contributed by atoms with E-state index >= 15 is 0 Å². The van der Waals surface area contributed by atoms with Gasteiger partial charge in [-0.1, -0.05) is 41.4 Å². The molecular weight excluding hydrogens is 399 g/mol. The van der Waals surface area contributed by atoms with Gasteiger partial charge in [-0.15, -0.1) is 0 Å². The van der Waals surface area contributed by atoms with E-state index < -0.39 is 11.5 Å². The van der Waals surface area contributed by atoms with Crippen molar-refractivity contribution in [2.75, 3.05) is 26.0 Å². The first kappa shape index (κ1) is 19.2. The second-order valence-electron chi connectivity index (χ2n) is 7.30. The van der Waals surface area contributed by atoms with Crippen LogP contribution in [0.3, 0.4) is 0 Å². The Morgan fingerprint density at radius 3 is 2.64 bits per heavy atom. The van der Waals surface area contributed by atoms with Crippen LogP contribution >= 0.6 is 23.2 Å². The number of carbonyl (C=O) groups excluding carboxylic acids is 2. The van der Waals surface area contributed by atoms with Crippen LogP contribution in [0, 0.1) is 0 Å². The number of carbonyl (C=O) groups is 2. The summed E-state index contributed by atoms with van der Waals surface area (Å²) in [6.45, 7) is 0.344. The molecule has 3 atom stereocenters. The van der Waals surface area contributed by atoms with E-state index in [2.05, 4.69) is 5.32 Å². The number of nitrogens with one attached hydrogen (secondary N) is 1. The van der Waals surface area contributed by atoms with Gasteiger partial charge in [0.05, 0.1) is 12.5 Å². The zero-order chi connectivity index (χ0) is 20.1. The van der Waals surface area contributed by atoms with Crippen LogP contribution in [0.4, 0.5) is 5.69 Å². The van der Waals surface area contributed by atoms with Crippen LogP contribution in [0.15, 0.2) is 42.5 Å². The Bertz CT molecular complexity index is 964. The number of benzene rings is 2. The molecule has 2 aliphatic rings. The van der Waals surface area contributed by atoms with E-state index in [1.54, 1.807) is 30.1 Å². The van der Waals surface area contributed by atoms with Crippen LogP contribution in [0.25, 0.3) is 0 Å². The number of nitrogens with zero attached hydrogens (tertiary/aromatic N) is 1. The van der Waals surface area contributed by atoms with Gasteiger partial charge < -0.3 is 15.0 Å². The highest BCUT2D eigenvalue weighted by molar-refractivity contribution is 6.33. The maximum Gasteiger partial charge on any atom is 0.238 e. The van der Waals surface area contributed by atoms with Crippen molar-refractivity contribution in [1.82, 2.24) is 4.90 Å². The van der Waals surface area contributed by atoms with E-state index in [0.29, 0.717) is 27.8 Å². The van der Waals surface area contributed by atoms with Gasteiger partial charge in [-0.05, 0) is 29.8 Å². The number of halogens is 2. The fraction of sp³-hybridized carbons (Fsp3) is 0.333. The number of likely N-dealkylation sites (N-methyl/N-ethyl adjacent to an activating group) is 1. The third-order valence-electron chi connectivity index (χ3n) is 5.89. The van der Waals surface area contributed by atoms with Gasteiger partial charge in [0.15, 0.2) is 0 Å². The third kappa shape index (κ3) is 2.72. The van der Waals surface area contributed by atoms with Crippen molar-refractivity contribution in [1.29, 1.82) is 0 Å². The second-order valence-corrected chi connectivity index (χ2v) is 8.14. The molecule has 5 nitrogen and oxygen atoms in total. The van der Waals surface area contributed by atoms with Crippen LogP contribution in [0.5, 0.6) is 0 Å². The minimum Gasteiger partial charge on any atom is -0.379 e. The summed E-state index contributed by atoms with van der Waals surface area (Å²) >= 11 is 12.9. The normalized spacial score (nSPS) is 26.9. The number of methoxy groups -OCH3 is 1. The zero-order valence-electron chi connectivity index (χ0n) is 15.5. The fourth-order valence-corrected chi connectivity index (χ4v) is 5.14. The van der Waals surface area contributed by atoms with E-state index in [1.165, 1.54) is 7.11 Å². The number of anilines is 1. The summed E-state index contributed by atoms with van der Waals surface area (Å²) in [5, 5.41) is 4.01. The number of fused-ring (bicyclic) bond motifs is 2. The molecule has 4 rings (SSSR count). The lowest BCUT2D eigenvalue weighted by Crippen LogP contribution is -2.51. The molecule has 1 spiro atoms. The third-order valence-corrected chi connectivity index (χ3v) is 6.44. The summed E-state index contributed by atoms with van der Waals surface area (Å²) in [4.78, 5) is 27.9. The fourth-order valence-electron chi connectivity index (χ4n) is 4.61. The summed E-state index contributed by atoms with van der Waals surface area (Å²) in [5.41, 5.74) is 1.05. The van der Waals surface area contributed by atoms with E-state index in [1.807, 2.05) is 24.3 Å². The molecule has 2 aromatic rings. The lowest BCUT2D eigenvalue weighted by atomic mass is 9.64. The Hall–Kier alpha value is -2.08. The Morgan fingerprint density at radius 1 is 1.18 bits per heavy atom. The summed E-state index contributed by atoms with van der Waals surface area (Å²) in [6, 6.07) is 12.8. The van der Waals surface area contributed by atoms with Crippen molar-refractivity contribution in [2.45, 2.75) is 23.9 Å². The predicted octanol–water partition coefficient (Wildman–Crippen LogP) is 3.84. The highest BCUT2D eigenvalue weighted by Crippen LogP contribution is 2.54. The number of amides is 2. The number of likely N-dealkylation sites (tertiary alicyclic amines) is 1. The first-order chi connectivity index (χ1) is 13.4. The van der Waals surface area contributed by atoms with Crippen molar-refractivity contribution in [3.05, 3.63) is 63.6 Å². The van der Waals surface area contributed by atoms with Gasteiger partial charge in [-0.25, -0.2) is 0 Å². The number of hydrogen-bond acceptors (Lipinski definition) is 3. The summed E-state index contributed by atoms with van der Waals surface area (Å²) in [7, 11) is 3.27. The molecule has 0 aliphatic carbocycles. The lowest BCUT2D eigenvalue weighted by molar-refractivity contribution is -0.132. The molecular formula is C21H20Cl2N2O3. The molecule has 28 heavy (non-hydrogen) atoms. The maximum atomic E-state index is 13.6. The maximum absolute atomic E-state index is 13.6. The lowest BCUT2D eigenvalue weighted by Gasteiger charge is -2.40. The van der Waals surface area contributed by atoms with Gasteiger partial charge in [-0.2, -0.15) is 0 Å². The molecule has 2 aromatic carbocycles. The standard InChI is InChI=1S/C21H20Cl2N2O3/c1-25-11-14(12-5-3-6-13(22)9-12)21(17(28-2)10-18(25)26)19-15(23)7-4-8-16(19)24-20(21)27/h3-9,14,17H,10-11H2,1-2H3,(H,24,27)/t14-,17-,21-/m0/s1. The largest absolute Gasteiger partial charge is 0.379 e. The molecule has 0 saturated carbocycles. The van der Waals surface area contributed by atoms with Crippen molar-refractivity contribution in [3.63, 3.8) is 0 Å². The highest BCUT2D eigenvalue weighted by Gasteiger charge is 2.61. The van der Waals surface area contributed by atoms with Gasteiger partial charge in [0.2, 0.25) is 11.8 Å². The number of hydrogen-bond donors (Lipinski definition) is 1. The van der Waals surface area contributed by atoms with Crippen molar-refractivity contribution in [2.24, 2.45) is 0 Å². The van der Waals surface area contributed by atoms with E-state index in [-0.39, 0.29) is 24.2 Å². The quantitative estimate of drug-likeness (QED) is 0.805. The predicted molar refractivity (Wildman–Crippen MR) is 109 cm³/mol. The van der Waals surface area contributed by atoms with Crippen molar-refractivity contribution in [3.8, 4) is 0 Å². The van der Waals surface area contributed by atoms with E-state index in [0.717, 1.165) is 5.56 Å². The molecule has 0 bridgehead atoms. The van der Waals surface area contributed by atoms with Crippen molar-refractivity contribution >= 4 is 40.7 Å². The summed E-state index contributed by atoms with van der Waals surface area (Å²) < 4.78 is 5.79. The number of ether oxygens (including phenoxy) is 1. The Morgan fingerprint density at radius 2 is 1.93 bits per heavy atom. The minimum atomic E-state index is -1.15. The zero-order valence-corrected chi connectivity index (χ0v) is 17.1. The van der Waals surface area contributed by atoms with Crippen LogP contribution in [0.2, 0.25) is 10.0 Å². The Labute approximate surface area is 173 Å². The Balaban J connectivity index is 2.04. The van der Waals surface area contributed by atoms with Crippen molar-refractivity contribution < 1.29 is 14.3 Å². The average molecular weight is 419 g/mol. The van der Waals surface area contributed by atoms with E-state index in [9.17, 15) is 9.59 Å². The van der Waals surface area contributed by atoms with Crippen LogP contribution < -0.4 is 5.32 Å². The van der Waals surface area contributed by atoms with Crippen LogP contribution in [-0.4, -0.2) is 43.5 Å². The summed E-state index contributed by atoms with van der Waals surface area (Å²) in [5.74, 6) is -0.673. The molecule has 0 unspecified atom stereocenters. The van der Waals surface area contributed by atoms with Gasteiger partial charge in [0, 0.05) is 47.9 Å². The molecule has 146 valence electrons. The van der Waals surface area contributed by atoms with Gasteiger partial charge >= 0.3 is 0 Å². The SMILES string of the molecule is CO[C@H]1CC(=O)N(C)C[C@@H](c2cccc(Cl)c2)[C@]12C(=O)Nc1cccc(Cl)c12. The molecule has 2 aliphatic heterocycles. The smallest absolute Gasteiger partial charge is 0.238 e. The minimum absolute atomic E-state index is 0.0796. The molecule has 2 heterocycles. The summed E-state index contributed by atoms with van der Waals surface area (Å²) in [6.07, 6.45) is -0.586. The van der Waals surface area contributed by atoms with Crippen LogP contribution in [-0.2, 0) is 19.7 Å². The number of rotatable bonds is 2. The molecule has 0 aromatic heterocycles. The highest BCUT2D eigenvalue weighted by atomic mass is 35.5. The first-order valence-corrected chi connectivity index (χ1v) is 9.77. The molecule has 2 amide bonds. The van der Waals surface area contributed by atoms with Gasteiger partial charge in [0.25, 0.3) is 0 Å². The molecule has 1 saturated heterocycles. The molecule has 1 fully saturated rings. The second kappa shape index (κ2) is 7.07. The monoisotopic (exact) mass is 418 g/mol. The first-order valence-electron chi connectivity index (χ1n) is 9.02. The molecule has 1 N–H and O–H groups in total. The topological polar surface area (TPSA) is 58.6 Å². The average Bonchev–Trinajstić information content (AvgIpc) is 2.91.